The quantitative estimate of drug-likeness (QED) is 0.481. The van der Waals surface area contributed by atoms with E-state index >= 15 is 0 Å². The Labute approximate surface area is 170 Å². The van der Waals surface area contributed by atoms with Crippen LogP contribution in [0.5, 0.6) is 0 Å². The summed E-state index contributed by atoms with van der Waals surface area (Å²) in [6.45, 7) is 1.77. The van der Waals surface area contributed by atoms with Crippen molar-refractivity contribution in [2.45, 2.75) is 6.92 Å². The minimum atomic E-state index is -0.343. The molecule has 148 valence electrons. The molecule has 3 heterocycles. The van der Waals surface area contributed by atoms with Crippen molar-refractivity contribution in [2.24, 2.45) is 0 Å². The smallest absolute Gasteiger partial charge is 0.261 e. The van der Waals surface area contributed by atoms with Crippen LogP contribution in [0.15, 0.2) is 77.6 Å². The number of carbonyl (C=O) groups excluding carboxylic acids is 1. The van der Waals surface area contributed by atoms with Crippen LogP contribution in [0, 0.1) is 12.7 Å². The molecule has 3 aromatic heterocycles. The van der Waals surface area contributed by atoms with E-state index in [1.165, 1.54) is 18.3 Å². The lowest BCUT2D eigenvalue weighted by Gasteiger charge is -2.11. The molecule has 0 bridgehead atoms. The Balaban J connectivity index is 1.54. The van der Waals surface area contributed by atoms with Gasteiger partial charge in [-0.05, 0) is 54.6 Å². The largest absolute Gasteiger partial charge is 0.441 e. The van der Waals surface area contributed by atoms with Crippen LogP contribution in [0.2, 0.25) is 0 Å². The number of hydrogen-bond donors (Lipinski definition) is 1. The molecular weight excluding hydrogens is 385 g/mol. The second-order valence-corrected chi connectivity index (χ2v) is 6.73. The number of halogens is 1. The van der Waals surface area contributed by atoms with Crippen LogP contribution in [-0.4, -0.2) is 25.2 Å². The number of nitrogens with one attached hydrogen (secondary N) is 1. The summed E-state index contributed by atoms with van der Waals surface area (Å²) in [5.74, 6) is 0.433. The fraction of sp³-hybridized carbons (Fsp3) is 0.0455. The van der Waals surface area contributed by atoms with E-state index in [4.69, 9.17) is 4.42 Å². The number of aryl methyl sites for hydroxylation is 1. The minimum Gasteiger partial charge on any atom is -0.441 e. The van der Waals surface area contributed by atoms with Crippen LogP contribution < -0.4 is 5.32 Å². The molecule has 0 saturated carbocycles. The van der Waals surface area contributed by atoms with Gasteiger partial charge in [0, 0.05) is 25.0 Å². The first-order chi connectivity index (χ1) is 14.6. The molecule has 30 heavy (non-hydrogen) atoms. The van der Waals surface area contributed by atoms with E-state index in [2.05, 4.69) is 15.4 Å². The van der Waals surface area contributed by atoms with Gasteiger partial charge in [0.1, 0.15) is 16.9 Å². The number of amides is 1. The molecule has 5 rings (SSSR count). The van der Waals surface area contributed by atoms with Crippen molar-refractivity contribution in [3.63, 3.8) is 0 Å². The van der Waals surface area contributed by atoms with Crippen molar-refractivity contribution >= 4 is 22.7 Å². The van der Waals surface area contributed by atoms with Crippen molar-refractivity contribution in [1.82, 2.24) is 19.3 Å². The molecule has 0 aliphatic carbocycles. The summed E-state index contributed by atoms with van der Waals surface area (Å²) in [7, 11) is 0. The third-order valence-electron chi connectivity index (χ3n) is 4.66. The predicted molar refractivity (Wildman–Crippen MR) is 110 cm³/mol. The first kappa shape index (κ1) is 17.9. The van der Waals surface area contributed by atoms with Crippen LogP contribution in [-0.2, 0) is 0 Å². The van der Waals surface area contributed by atoms with Crippen molar-refractivity contribution in [2.75, 3.05) is 5.32 Å². The zero-order valence-electron chi connectivity index (χ0n) is 15.9. The van der Waals surface area contributed by atoms with E-state index in [0.717, 1.165) is 0 Å². The molecule has 0 atom stereocenters. The average Bonchev–Trinajstić information content (AvgIpc) is 3.46. The highest BCUT2D eigenvalue weighted by molar-refractivity contribution is 6.07. The first-order valence-electron chi connectivity index (χ1n) is 9.24. The molecule has 0 aliphatic rings. The van der Waals surface area contributed by atoms with E-state index < -0.39 is 0 Å². The minimum absolute atomic E-state index is 0.327. The summed E-state index contributed by atoms with van der Waals surface area (Å²) >= 11 is 0. The van der Waals surface area contributed by atoms with Gasteiger partial charge in [0.2, 0.25) is 0 Å². The summed E-state index contributed by atoms with van der Waals surface area (Å²) in [5.41, 5.74) is 2.92. The van der Waals surface area contributed by atoms with Gasteiger partial charge >= 0.3 is 0 Å². The third-order valence-corrected chi connectivity index (χ3v) is 4.66. The van der Waals surface area contributed by atoms with E-state index in [1.807, 2.05) is 24.5 Å². The van der Waals surface area contributed by atoms with E-state index in [-0.39, 0.29) is 11.7 Å². The monoisotopic (exact) mass is 401 g/mol. The number of carbonyl (C=O) groups is 1. The number of fused-ring (bicyclic) bond motifs is 1. The van der Waals surface area contributed by atoms with Crippen molar-refractivity contribution in [1.29, 1.82) is 0 Å². The average molecular weight is 401 g/mol. The molecule has 1 N–H and O–H groups in total. The molecule has 7 nitrogen and oxygen atoms in total. The molecule has 2 aromatic carbocycles. The lowest BCUT2D eigenvalue weighted by atomic mass is 10.2. The molecule has 0 aliphatic heterocycles. The van der Waals surface area contributed by atoms with Gasteiger partial charge in [0.05, 0.1) is 11.9 Å². The first-order valence-corrected chi connectivity index (χ1v) is 9.24. The van der Waals surface area contributed by atoms with Gasteiger partial charge < -0.3 is 14.3 Å². The highest BCUT2D eigenvalue weighted by Crippen LogP contribution is 2.23. The van der Waals surface area contributed by atoms with Gasteiger partial charge in [-0.2, -0.15) is 5.10 Å². The molecule has 0 fully saturated rings. The SMILES string of the molecule is Cc1nc2cc(NC(=O)c3cnn(-c4ccc(F)cc4)c3-n3cccc3)ccc2o1. The summed E-state index contributed by atoms with van der Waals surface area (Å²) in [6.07, 6.45) is 5.13. The Kier molecular flexibility index (Phi) is 4.17. The number of rotatable bonds is 4. The van der Waals surface area contributed by atoms with Crippen LogP contribution in [0.1, 0.15) is 16.2 Å². The lowest BCUT2D eigenvalue weighted by Crippen LogP contribution is -2.15. The second-order valence-electron chi connectivity index (χ2n) is 6.73. The molecule has 1 amide bonds. The van der Waals surface area contributed by atoms with Gasteiger partial charge in [-0.15, -0.1) is 0 Å². The topological polar surface area (TPSA) is 77.9 Å². The lowest BCUT2D eigenvalue weighted by molar-refractivity contribution is 0.102. The highest BCUT2D eigenvalue weighted by atomic mass is 19.1. The van der Waals surface area contributed by atoms with Crippen LogP contribution in [0.3, 0.4) is 0 Å². The van der Waals surface area contributed by atoms with Gasteiger partial charge in [-0.3, -0.25) is 4.79 Å². The number of hydrogen-bond acceptors (Lipinski definition) is 4. The zero-order valence-corrected chi connectivity index (χ0v) is 15.9. The van der Waals surface area contributed by atoms with E-state index in [0.29, 0.717) is 39.7 Å². The molecular formula is C22H16FN5O2. The van der Waals surface area contributed by atoms with Crippen molar-refractivity contribution in [3.05, 3.63) is 90.5 Å². The van der Waals surface area contributed by atoms with Gasteiger partial charge in [0.15, 0.2) is 17.3 Å². The maximum Gasteiger partial charge on any atom is 0.261 e. The number of benzene rings is 2. The maximum absolute atomic E-state index is 13.4. The maximum atomic E-state index is 13.4. The zero-order chi connectivity index (χ0) is 20.7. The Hall–Kier alpha value is -4.20. The fourth-order valence-corrected chi connectivity index (χ4v) is 3.32. The van der Waals surface area contributed by atoms with E-state index in [1.54, 1.807) is 46.5 Å². The molecule has 0 unspecified atom stereocenters. The number of oxazole rings is 1. The summed E-state index contributed by atoms with van der Waals surface area (Å²) in [6, 6.07) is 14.9. The molecule has 0 saturated heterocycles. The Bertz CT molecular complexity index is 1350. The molecule has 0 spiro atoms. The predicted octanol–water partition coefficient (Wildman–Crippen LogP) is 4.50. The standard InChI is InChI=1S/C22H16FN5O2/c1-14-25-19-12-16(6-9-20(19)30-14)26-21(29)18-13-24-28(17-7-4-15(23)5-8-17)22(18)27-10-2-3-11-27/h2-13H,1H3,(H,26,29). The second kappa shape index (κ2) is 7.00. The number of aromatic nitrogens is 4. The fourth-order valence-electron chi connectivity index (χ4n) is 3.32. The number of anilines is 1. The Morgan fingerprint density at radius 1 is 1.10 bits per heavy atom. The third kappa shape index (κ3) is 3.14. The van der Waals surface area contributed by atoms with Crippen LogP contribution >= 0.6 is 0 Å². The van der Waals surface area contributed by atoms with Gasteiger partial charge in [0.25, 0.3) is 5.91 Å². The molecule has 5 aromatic rings. The van der Waals surface area contributed by atoms with Crippen LogP contribution in [0.25, 0.3) is 22.6 Å². The summed E-state index contributed by atoms with van der Waals surface area (Å²) < 4.78 is 22.2. The van der Waals surface area contributed by atoms with Crippen LogP contribution in [0.4, 0.5) is 10.1 Å². The Morgan fingerprint density at radius 3 is 2.63 bits per heavy atom. The number of nitrogens with zero attached hydrogens (tertiary/aromatic N) is 4. The van der Waals surface area contributed by atoms with Gasteiger partial charge in [-0.1, -0.05) is 0 Å². The van der Waals surface area contributed by atoms with Crippen molar-refractivity contribution < 1.29 is 13.6 Å². The highest BCUT2D eigenvalue weighted by Gasteiger charge is 2.20. The summed E-state index contributed by atoms with van der Waals surface area (Å²) in [4.78, 5) is 17.4. The van der Waals surface area contributed by atoms with Gasteiger partial charge in [-0.25, -0.2) is 14.1 Å². The Morgan fingerprint density at radius 2 is 1.87 bits per heavy atom. The van der Waals surface area contributed by atoms with Crippen molar-refractivity contribution in [3.8, 4) is 11.5 Å². The molecule has 8 heteroatoms. The molecule has 0 radical (unpaired) electrons. The van der Waals surface area contributed by atoms with E-state index in [9.17, 15) is 9.18 Å². The normalized spacial score (nSPS) is 11.1. The summed E-state index contributed by atoms with van der Waals surface area (Å²) in [5, 5.41) is 7.26.